The number of hydrogen-bond acceptors (Lipinski definition) is 5. The van der Waals surface area contributed by atoms with Gasteiger partial charge in [-0.3, -0.25) is 0 Å². The zero-order valence-electron chi connectivity index (χ0n) is 14.5. The van der Waals surface area contributed by atoms with E-state index >= 15 is 0 Å². The normalized spacial score (nSPS) is 11.7. The van der Waals surface area contributed by atoms with Crippen LogP contribution in [0.1, 0.15) is 32.8 Å². The van der Waals surface area contributed by atoms with Crippen LogP contribution in [-0.4, -0.2) is 51.7 Å². The minimum Gasteiger partial charge on any atom is -0.444 e. The lowest BCUT2D eigenvalue weighted by Crippen LogP contribution is -2.35. The van der Waals surface area contributed by atoms with Crippen molar-refractivity contribution in [2.75, 3.05) is 20.1 Å². The molecule has 0 atom stereocenters. The number of nitrogens with zero attached hydrogens (tertiary/aromatic N) is 3. The fraction of sp³-hybridized carbons (Fsp3) is 0.562. The first-order chi connectivity index (χ1) is 11.3. The van der Waals surface area contributed by atoms with Gasteiger partial charge in [0.25, 0.3) is 0 Å². The lowest BCUT2D eigenvalue weighted by atomic mass is 10.2. The van der Waals surface area contributed by atoms with Gasteiger partial charge in [-0.15, -0.1) is 0 Å². The average Bonchev–Trinajstić information content (AvgIpc) is 2.89. The van der Waals surface area contributed by atoms with Gasteiger partial charge in [-0.1, -0.05) is 11.6 Å². The topological polar surface area (TPSA) is 83.1 Å². The summed E-state index contributed by atoms with van der Waals surface area (Å²) in [5.41, 5.74) is 1.29. The highest BCUT2D eigenvalue weighted by Gasteiger charge is 2.19. The molecule has 0 radical (unpaired) electrons. The first-order valence-electron chi connectivity index (χ1n) is 7.89. The van der Waals surface area contributed by atoms with E-state index in [1.807, 2.05) is 27.0 Å². The number of halogens is 1. The number of H-pyrrole nitrogens is 1. The minimum atomic E-state index is -0.472. The lowest BCUT2D eigenvalue weighted by molar-refractivity contribution is 0.0297. The predicted molar refractivity (Wildman–Crippen MR) is 94.1 cm³/mol. The first-order valence-corrected chi connectivity index (χ1v) is 8.27. The minimum absolute atomic E-state index is 0.303. The Morgan fingerprint density at radius 3 is 2.88 bits per heavy atom. The van der Waals surface area contributed by atoms with E-state index in [-0.39, 0.29) is 6.09 Å². The molecule has 2 rings (SSSR count). The second kappa shape index (κ2) is 7.81. The Bertz CT molecular complexity index is 695. The Morgan fingerprint density at radius 1 is 1.42 bits per heavy atom. The van der Waals surface area contributed by atoms with Crippen LogP contribution in [0.5, 0.6) is 0 Å². The molecule has 2 N–H and O–H groups in total. The summed E-state index contributed by atoms with van der Waals surface area (Å²) in [6.45, 7) is 7.62. The van der Waals surface area contributed by atoms with E-state index in [2.05, 4.69) is 20.3 Å². The standard InChI is InChI=1S/C16H24ClN5O2/c1-16(2,3)24-15(23)22(4)7-5-6-18-8-11-9-19-14-12(11)13(17)20-10-21-14/h9-10,18H,5-8H2,1-4H3,(H,19,20,21). The number of rotatable bonds is 6. The molecule has 2 heterocycles. The van der Waals surface area contributed by atoms with E-state index in [1.165, 1.54) is 6.33 Å². The predicted octanol–water partition coefficient (Wildman–Crippen LogP) is 2.96. The molecule has 7 nitrogen and oxygen atoms in total. The number of ether oxygens (including phenoxy) is 1. The highest BCUT2D eigenvalue weighted by molar-refractivity contribution is 6.34. The van der Waals surface area contributed by atoms with Crippen LogP contribution in [0.3, 0.4) is 0 Å². The van der Waals surface area contributed by atoms with Crippen LogP contribution in [0, 0.1) is 0 Å². The number of carbonyl (C=O) groups is 1. The summed E-state index contributed by atoms with van der Waals surface area (Å²) in [6.07, 6.45) is 3.83. The smallest absolute Gasteiger partial charge is 0.410 e. The SMILES string of the molecule is CN(CCCNCc1c[nH]c2ncnc(Cl)c12)C(=O)OC(C)(C)C. The molecule has 0 saturated heterocycles. The number of aromatic nitrogens is 3. The van der Waals surface area contributed by atoms with Crippen molar-refractivity contribution in [3.63, 3.8) is 0 Å². The fourth-order valence-corrected chi connectivity index (χ4v) is 2.48. The summed E-state index contributed by atoms with van der Waals surface area (Å²) in [6, 6.07) is 0. The van der Waals surface area contributed by atoms with Crippen LogP contribution in [-0.2, 0) is 11.3 Å². The van der Waals surface area contributed by atoms with Crippen LogP contribution in [0.15, 0.2) is 12.5 Å². The maximum absolute atomic E-state index is 11.8. The maximum atomic E-state index is 11.8. The Morgan fingerprint density at radius 2 is 2.17 bits per heavy atom. The Hall–Kier alpha value is -1.86. The van der Waals surface area contributed by atoms with Gasteiger partial charge in [0.2, 0.25) is 0 Å². The molecule has 0 spiro atoms. The molecule has 1 amide bonds. The van der Waals surface area contributed by atoms with Gasteiger partial charge in [-0.05, 0) is 39.3 Å². The fourth-order valence-electron chi connectivity index (χ4n) is 2.22. The Kier molecular flexibility index (Phi) is 6.01. The molecular weight excluding hydrogens is 330 g/mol. The molecule has 0 saturated carbocycles. The molecule has 2 aromatic heterocycles. The summed E-state index contributed by atoms with van der Waals surface area (Å²) in [5, 5.41) is 4.63. The molecule has 0 unspecified atom stereocenters. The van der Waals surface area contributed by atoms with Crippen LogP contribution in [0.4, 0.5) is 4.79 Å². The molecular formula is C16H24ClN5O2. The first kappa shape index (κ1) is 18.5. The largest absolute Gasteiger partial charge is 0.444 e. The van der Waals surface area contributed by atoms with Crippen molar-refractivity contribution in [2.24, 2.45) is 0 Å². The molecule has 0 aromatic carbocycles. The summed E-state index contributed by atoms with van der Waals surface area (Å²) < 4.78 is 5.31. The molecule has 24 heavy (non-hydrogen) atoms. The molecule has 2 aromatic rings. The van der Waals surface area contributed by atoms with Gasteiger partial charge in [-0.25, -0.2) is 14.8 Å². The van der Waals surface area contributed by atoms with Gasteiger partial charge in [0.1, 0.15) is 22.7 Å². The maximum Gasteiger partial charge on any atom is 0.410 e. The van der Waals surface area contributed by atoms with E-state index in [1.54, 1.807) is 11.9 Å². The van der Waals surface area contributed by atoms with Crippen molar-refractivity contribution in [2.45, 2.75) is 39.3 Å². The van der Waals surface area contributed by atoms with Crippen LogP contribution < -0.4 is 5.32 Å². The van der Waals surface area contributed by atoms with Gasteiger partial charge in [0.05, 0.1) is 5.39 Å². The van der Waals surface area contributed by atoms with Gasteiger partial charge in [0.15, 0.2) is 0 Å². The summed E-state index contributed by atoms with van der Waals surface area (Å²) in [5.74, 6) is 0. The Balaban J connectivity index is 1.74. The third-order valence-electron chi connectivity index (χ3n) is 3.37. The van der Waals surface area contributed by atoms with Gasteiger partial charge >= 0.3 is 6.09 Å². The summed E-state index contributed by atoms with van der Waals surface area (Å²) in [7, 11) is 1.74. The van der Waals surface area contributed by atoms with Crippen molar-refractivity contribution in [3.8, 4) is 0 Å². The molecule has 8 heteroatoms. The van der Waals surface area contributed by atoms with E-state index in [0.29, 0.717) is 18.2 Å². The van der Waals surface area contributed by atoms with Crippen LogP contribution >= 0.6 is 11.6 Å². The lowest BCUT2D eigenvalue weighted by Gasteiger charge is -2.24. The Labute approximate surface area is 146 Å². The number of nitrogens with one attached hydrogen (secondary N) is 2. The number of aromatic amines is 1. The third-order valence-corrected chi connectivity index (χ3v) is 3.66. The summed E-state index contributed by atoms with van der Waals surface area (Å²) >= 11 is 6.12. The molecule has 0 aliphatic rings. The monoisotopic (exact) mass is 353 g/mol. The molecule has 0 aliphatic carbocycles. The van der Waals surface area contributed by atoms with Crippen molar-refractivity contribution in [1.29, 1.82) is 0 Å². The van der Waals surface area contributed by atoms with Gasteiger partial charge in [0, 0.05) is 26.3 Å². The quantitative estimate of drug-likeness (QED) is 0.616. The van der Waals surface area contributed by atoms with Crippen molar-refractivity contribution >= 4 is 28.7 Å². The van der Waals surface area contributed by atoms with E-state index in [0.717, 1.165) is 29.6 Å². The highest BCUT2D eigenvalue weighted by Crippen LogP contribution is 2.22. The van der Waals surface area contributed by atoms with E-state index in [4.69, 9.17) is 16.3 Å². The highest BCUT2D eigenvalue weighted by atomic mass is 35.5. The molecule has 132 valence electrons. The van der Waals surface area contributed by atoms with Gasteiger partial charge < -0.3 is 19.9 Å². The number of carbonyl (C=O) groups excluding carboxylic acids is 1. The molecule has 0 aliphatic heterocycles. The number of amides is 1. The third kappa shape index (κ3) is 5.07. The van der Waals surface area contributed by atoms with E-state index in [9.17, 15) is 4.79 Å². The average molecular weight is 354 g/mol. The second-order valence-electron chi connectivity index (χ2n) is 6.63. The second-order valence-corrected chi connectivity index (χ2v) is 6.99. The van der Waals surface area contributed by atoms with E-state index < -0.39 is 5.60 Å². The number of hydrogen-bond donors (Lipinski definition) is 2. The van der Waals surface area contributed by atoms with Gasteiger partial charge in [-0.2, -0.15) is 0 Å². The molecule has 0 fully saturated rings. The number of fused-ring (bicyclic) bond motifs is 1. The van der Waals surface area contributed by atoms with Crippen molar-refractivity contribution in [3.05, 3.63) is 23.2 Å². The van der Waals surface area contributed by atoms with Crippen LogP contribution in [0.25, 0.3) is 11.0 Å². The summed E-state index contributed by atoms with van der Waals surface area (Å²) in [4.78, 5) is 24.7. The zero-order chi connectivity index (χ0) is 17.7. The zero-order valence-corrected chi connectivity index (χ0v) is 15.3. The molecule has 0 bridgehead atoms. The van der Waals surface area contributed by atoms with Crippen molar-refractivity contribution < 1.29 is 9.53 Å². The van der Waals surface area contributed by atoms with Crippen LogP contribution in [0.2, 0.25) is 5.15 Å². The van der Waals surface area contributed by atoms with Crippen molar-refractivity contribution in [1.82, 2.24) is 25.2 Å².